The third kappa shape index (κ3) is 3.97. The first-order valence-corrected chi connectivity index (χ1v) is 6.71. The van der Waals surface area contributed by atoms with Crippen molar-refractivity contribution in [2.45, 2.75) is 20.8 Å². The zero-order chi connectivity index (χ0) is 12.0. The van der Waals surface area contributed by atoms with Gasteiger partial charge in [0.25, 0.3) is 0 Å². The number of benzene rings is 1. The van der Waals surface area contributed by atoms with Crippen LogP contribution in [-0.4, -0.2) is 13.2 Å². The van der Waals surface area contributed by atoms with Crippen LogP contribution in [0.5, 0.6) is 5.75 Å². The van der Waals surface area contributed by atoms with Crippen LogP contribution >= 0.6 is 7.82 Å². The Morgan fingerprint density at radius 1 is 1.06 bits per heavy atom. The quantitative estimate of drug-likeness (QED) is 0.718. The lowest BCUT2D eigenvalue weighted by atomic mass is 10.2. The highest BCUT2D eigenvalue weighted by molar-refractivity contribution is 7.48. The minimum Gasteiger partial charge on any atom is -0.404 e. The number of hydrogen-bond donors (Lipinski definition) is 0. The molecule has 0 amide bonds. The molecule has 16 heavy (non-hydrogen) atoms. The van der Waals surface area contributed by atoms with Crippen molar-refractivity contribution in [2.24, 2.45) is 0 Å². The minimum atomic E-state index is -3.46. The van der Waals surface area contributed by atoms with Gasteiger partial charge >= 0.3 is 7.82 Å². The zero-order valence-corrected chi connectivity index (χ0v) is 10.7. The monoisotopic (exact) mass is 244 g/mol. The van der Waals surface area contributed by atoms with Crippen molar-refractivity contribution in [1.82, 2.24) is 0 Å². The van der Waals surface area contributed by atoms with E-state index in [-0.39, 0.29) is 13.2 Å². The Bertz CT molecular complexity index is 351. The molecule has 1 rings (SSSR count). The van der Waals surface area contributed by atoms with E-state index in [9.17, 15) is 4.57 Å². The van der Waals surface area contributed by atoms with E-state index >= 15 is 0 Å². The molecular formula is C11H17O4P. The first-order chi connectivity index (χ1) is 7.59. The molecule has 0 aliphatic rings. The topological polar surface area (TPSA) is 44.8 Å². The maximum absolute atomic E-state index is 12.0. The standard InChI is InChI=1S/C11H17O4P/c1-4-13-16(12,14-5-2)15-11-8-6-10(3)7-9-11/h6-9H,4-5H2,1-3H3. The molecule has 5 heteroatoms. The molecule has 0 unspecified atom stereocenters. The fraction of sp³-hybridized carbons (Fsp3) is 0.455. The van der Waals surface area contributed by atoms with E-state index < -0.39 is 7.82 Å². The van der Waals surface area contributed by atoms with E-state index in [0.717, 1.165) is 5.56 Å². The van der Waals surface area contributed by atoms with Crippen molar-refractivity contribution < 1.29 is 18.1 Å². The molecule has 0 bridgehead atoms. The molecule has 90 valence electrons. The fourth-order valence-corrected chi connectivity index (χ4v) is 2.33. The minimum absolute atomic E-state index is 0.281. The molecule has 1 aromatic rings. The summed E-state index contributed by atoms with van der Waals surface area (Å²) in [6.45, 7) is 6.01. The van der Waals surface area contributed by atoms with Crippen LogP contribution in [0.15, 0.2) is 24.3 Å². The van der Waals surface area contributed by atoms with Gasteiger partial charge in [-0.15, -0.1) is 0 Å². The van der Waals surface area contributed by atoms with Crippen LogP contribution < -0.4 is 4.52 Å². The van der Waals surface area contributed by atoms with E-state index in [2.05, 4.69) is 0 Å². The molecule has 0 saturated heterocycles. The number of phosphoric ester groups is 1. The summed E-state index contributed by atoms with van der Waals surface area (Å²) in [6.07, 6.45) is 0. The Balaban J connectivity index is 2.75. The molecule has 0 atom stereocenters. The maximum Gasteiger partial charge on any atom is 0.530 e. The largest absolute Gasteiger partial charge is 0.530 e. The second-order valence-corrected chi connectivity index (χ2v) is 4.78. The molecule has 0 radical (unpaired) electrons. The Kier molecular flexibility index (Phi) is 5.00. The fourth-order valence-electron chi connectivity index (χ4n) is 1.13. The number of phosphoric acid groups is 1. The molecular weight excluding hydrogens is 227 g/mol. The van der Waals surface area contributed by atoms with Crippen molar-refractivity contribution >= 4 is 7.82 Å². The second-order valence-electron chi connectivity index (χ2n) is 3.19. The molecule has 0 saturated carbocycles. The van der Waals surface area contributed by atoms with Gasteiger partial charge in [0, 0.05) is 0 Å². The summed E-state index contributed by atoms with van der Waals surface area (Å²) in [7, 11) is -3.46. The summed E-state index contributed by atoms with van der Waals surface area (Å²) in [5.74, 6) is 0.482. The molecule has 0 fully saturated rings. The molecule has 4 nitrogen and oxygen atoms in total. The van der Waals surface area contributed by atoms with Crippen LogP contribution in [0.2, 0.25) is 0 Å². The summed E-state index contributed by atoms with van der Waals surface area (Å²) < 4.78 is 27.3. The molecule has 0 aromatic heterocycles. The van der Waals surface area contributed by atoms with Gasteiger partial charge in [-0.1, -0.05) is 17.7 Å². The van der Waals surface area contributed by atoms with Crippen LogP contribution in [0, 0.1) is 6.92 Å². The van der Waals surface area contributed by atoms with Crippen LogP contribution in [0.3, 0.4) is 0 Å². The third-order valence-corrected chi connectivity index (χ3v) is 3.40. The van der Waals surface area contributed by atoms with Gasteiger partial charge in [-0.25, -0.2) is 4.57 Å². The van der Waals surface area contributed by atoms with Gasteiger partial charge < -0.3 is 4.52 Å². The summed E-state index contributed by atoms with van der Waals surface area (Å²) >= 11 is 0. The Labute approximate surface area is 96.1 Å². The van der Waals surface area contributed by atoms with Gasteiger partial charge in [0.1, 0.15) is 5.75 Å². The van der Waals surface area contributed by atoms with Crippen LogP contribution in [0.4, 0.5) is 0 Å². The summed E-state index contributed by atoms with van der Waals surface area (Å²) in [4.78, 5) is 0. The Morgan fingerprint density at radius 2 is 1.56 bits per heavy atom. The van der Waals surface area contributed by atoms with Gasteiger partial charge in [0.05, 0.1) is 13.2 Å². The average molecular weight is 244 g/mol. The average Bonchev–Trinajstić information content (AvgIpc) is 2.22. The van der Waals surface area contributed by atoms with E-state index in [1.807, 2.05) is 19.1 Å². The molecule has 0 aliphatic heterocycles. The van der Waals surface area contributed by atoms with Gasteiger partial charge in [-0.05, 0) is 32.9 Å². The lowest BCUT2D eigenvalue weighted by Gasteiger charge is -2.16. The summed E-state index contributed by atoms with van der Waals surface area (Å²) in [5, 5.41) is 0. The van der Waals surface area contributed by atoms with Gasteiger partial charge in [0.15, 0.2) is 0 Å². The highest BCUT2D eigenvalue weighted by atomic mass is 31.2. The molecule has 0 heterocycles. The summed E-state index contributed by atoms with van der Waals surface area (Å²) in [5.41, 5.74) is 1.11. The molecule has 0 spiro atoms. The lowest BCUT2D eigenvalue weighted by molar-refractivity contribution is 0.167. The normalized spacial score (nSPS) is 11.4. The highest BCUT2D eigenvalue weighted by Gasteiger charge is 2.26. The van der Waals surface area contributed by atoms with E-state index in [0.29, 0.717) is 5.75 Å². The van der Waals surface area contributed by atoms with Crippen LogP contribution in [0.1, 0.15) is 19.4 Å². The van der Waals surface area contributed by atoms with Gasteiger partial charge in [-0.3, -0.25) is 9.05 Å². The van der Waals surface area contributed by atoms with Crippen molar-refractivity contribution in [2.75, 3.05) is 13.2 Å². The van der Waals surface area contributed by atoms with Gasteiger partial charge in [0.2, 0.25) is 0 Å². The predicted molar refractivity (Wildman–Crippen MR) is 62.7 cm³/mol. The molecule has 0 aliphatic carbocycles. The predicted octanol–water partition coefficient (Wildman–Crippen LogP) is 3.55. The highest BCUT2D eigenvalue weighted by Crippen LogP contribution is 2.49. The summed E-state index contributed by atoms with van der Waals surface area (Å²) in [6, 6.07) is 7.22. The third-order valence-electron chi connectivity index (χ3n) is 1.81. The SMILES string of the molecule is CCOP(=O)(OCC)Oc1ccc(C)cc1. The lowest BCUT2D eigenvalue weighted by Crippen LogP contribution is -2.02. The number of hydrogen-bond acceptors (Lipinski definition) is 4. The van der Waals surface area contributed by atoms with E-state index in [4.69, 9.17) is 13.6 Å². The van der Waals surface area contributed by atoms with Crippen molar-refractivity contribution in [3.63, 3.8) is 0 Å². The van der Waals surface area contributed by atoms with Gasteiger partial charge in [-0.2, -0.15) is 0 Å². The number of rotatable bonds is 6. The van der Waals surface area contributed by atoms with E-state index in [1.54, 1.807) is 26.0 Å². The van der Waals surface area contributed by atoms with E-state index in [1.165, 1.54) is 0 Å². The first-order valence-electron chi connectivity index (χ1n) is 5.25. The van der Waals surface area contributed by atoms with Crippen molar-refractivity contribution in [1.29, 1.82) is 0 Å². The first kappa shape index (κ1) is 13.2. The molecule has 0 N–H and O–H groups in total. The van der Waals surface area contributed by atoms with Crippen molar-refractivity contribution in [3.8, 4) is 5.75 Å². The Hall–Kier alpha value is -0.830. The second kappa shape index (κ2) is 6.04. The zero-order valence-electron chi connectivity index (χ0n) is 9.80. The van der Waals surface area contributed by atoms with Crippen LogP contribution in [0.25, 0.3) is 0 Å². The molecule has 1 aromatic carbocycles. The van der Waals surface area contributed by atoms with Crippen molar-refractivity contribution in [3.05, 3.63) is 29.8 Å². The van der Waals surface area contributed by atoms with Crippen LogP contribution in [-0.2, 0) is 13.6 Å². The maximum atomic E-state index is 12.0. The number of aryl methyl sites for hydroxylation is 1. The smallest absolute Gasteiger partial charge is 0.404 e. The Morgan fingerprint density at radius 3 is 2.00 bits per heavy atom.